The maximum atomic E-state index is 13.4. The van der Waals surface area contributed by atoms with Crippen molar-refractivity contribution in [1.82, 2.24) is 4.98 Å². The molecule has 0 saturated heterocycles. The summed E-state index contributed by atoms with van der Waals surface area (Å²) in [6.45, 7) is 1.63. The van der Waals surface area contributed by atoms with Crippen LogP contribution in [0.5, 0.6) is 0 Å². The van der Waals surface area contributed by atoms with Crippen LogP contribution in [0.4, 0.5) is 18.9 Å². The molecule has 20 heavy (non-hydrogen) atoms. The molecule has 0 aliphatic carbocycles. The number of carbonyl (C=O) groups excluding carboxylic acids is 1. The van der Waals surface area contributed by atoms with Gasteiger partial charge in [-0.25, -0.2) is 18.2 Å². The second kappa shape index (κ2) is 5.50. The summed E-state index contributed by atoms with van der Waals surface area (Å²) in [5.74, 6) is -5.15. The van der Waals surface area contributed by atoms with E-state index in [0.717, 1.165) is 12.1 Å². The Morgan fingerprint density at radius 1 is 1.20 bits per heavy atom. The van der Waals surface area contributed by atoms with Gasteiger partial charge in [0.1, 0.15) is 5.15 Å². The highest BCUT2D eigenvalue weighted by molar-refractivity contribution is 6.29. The number of aromatic nitrogens is 1. The summed E-state index contributed by atoms with van der Waals surface area (Å²) in [5, 5.41) is 2.24. The molecule has 0 saturated carbocycles. The van der Waals surface area contributed by atoms with Crippen molar-refractivity contribution in [2.24, 2.45) is 0 Å². The summed E-state index contributed by atoms with van der Waals surface area (Å²) in [6.07, 6.45) is 0. The molecule has 104 valence electrons. The smallest absolute Gasteiger partial charge is 0.255 e. The number of rotatable bonds is 2. The van der Waals surface area contributed by atoms with Crippen LogP contribution in [0.1, 0.15) is 16.1 Å². The van der Waals surface area contributed by atoms with Gasteiger partial charge in [-0.15, -0.1) is 0 Å². The second-order valence-corrected chi connectivity index (χ2v) is 4.38. The number of aryl methyl sites for hydroxylation is 1. The topological polar surface area (TPSA) is 42.0 Å². The summed E-state index contributed by atoms with van der Waals surface area (Å²) in [7, 11) is 0. The maximum Gasteiger partial charge on any atom is 0.255 e. The Morgan fingerprint density at radius 2 is 1.90 bits per heavy atom. The molecule has 3 nitrogen and oxygen atoms in total. The number of benzene rings is 1. The number of hydrogen-bond acceptors (Lipinski definition) is 2. The van der Waals surface area contributed by atoms with Gasteiger partial charge in [-0.2, -0.15) is 0 Å². The van der Waals surface area contributed by atoms with E-state index < -0.39 is 29.0 Å². The molecule has 0 bridgehead atoms. The van der Waals surface area contributed by atoms with Gasteiger partial charge in [-0.05, 0) is 31.2 Å². The van der Waals surface area contributed by atoms with E-state index in [0.29, 0.717) is 5.69 Å². The fourth-order valence-electron chi connectivity index (χ4n) is 1.58. The summed E-state index contributed by atoms with van der Waals surface area (Å²) in [5.41, 5.74) is 0.166. The molecule has 1 N–H and O–H groups in total. The first-order valence-corrected chi connectivity index (χ1v) is 5.85. The van der Waals surface area contributed by atoms with Crippen LogP contribution in [0.25, 0.3) is 0 Å². The van der Waals surface area contributed by atoms with Gasteiger partial charge < -0.3 is 5.32 Å². The predicted octanol–water partition coefficient (Wildman–Crippen LogP) is 3.71. The third kappa shape index (κ3) is 2.91. The standard InChI is InChI=1S/C13H8ClF3N2O/c1-6-4-7(5-10(14)18-6)13(20)19-9-3-2-8(15)11(16)12(9)17/h2-5H,1H3,(H,19,20). The van der Waals surface area contributed by atoms with E-state index in [-0.39, 0.29) is 10.7 Å². The molecule has 1 heterocycles. The highest BCUT2D eigenvalue weighted by Crippen LogP contribution is 2.20. The highest BCUT2D eigenvalue weighted by atomic mass is 35.5. The first kappa shape index (κ1) is 14.3. The van der Waals surface area contributed by atoms with Gasteiger partial charge in [0.15, 0.2) is 17.5 Å². The molecule has 0 radical (unpaired) electrons. The quantitative estimate of drug-likeness (QED) is 0.678. The molecule has 0 aliphatic rings. The Morgan fingerprint density at radius 3 is 2.55 bits per heavy atom. The van der Waals surface area contributed by atoms with Crippen LogP contribution in [0.2, 0.25) is 5.15 Å². The minimum Gasteiger partial charge on any atom is -0.319 e. The first-order chi connectivity index (χ1) is 9.38. The van der Waals surface area contributed by atoms with Crippen molar-refractivity contribution >= 4 is 23.2 Å². The second-order valence-electron chi connectivity index (χ2n) is 4.00. The molecule has 0 spiro atoms. The Labute approximate surface area is 117 Å². The van der Waals surface area contributed by atoms with Crippen molar-refractivity contribution in [1.29, 1.82) is 0 Å². The lowest BCUT2D eigenvalue weighted by molar-refractivity contribution is 0.102. The molecule has 0 fully saturated rings. The van der Waals surface area contributed by atoms with E-state index in [9.17, 15) is 18.0 Å². The van der Waals surface area contributed by atoms with Crippen LogP contribution >= 0.6 is 11.6 Å². The largest absolute Gasteiger partial charge is 0.319 e. The van der Waals surface area contributed by atoms with Crippen LogP contribution in [0.3, 0.4) is 0 Å². The third-order valence-electron chi connectivity index (χ3n) is 2.47. The van der Waals surface area contributed by atoms with Gasteiger partial charge >= 0.3 is 0 Å². The number of anilines is 1. The van der Waals surface area contributed by atoms with Crippen LogP contribution < -0.4 is 5.32 Å². The molecule has 2 rings (SSSR count). The number of hydrogen-bond donors (Lipinski definition) is 1. The van der Waals surface area contributed by atoms with Crippen molar-refractivity contribution in [3.63, 3.8) is 0 Å². The Hall–Kier alpha value is -2.08. The van der Waals surface area contributed by atoms with Gasteiger partial charge in [0, 0.05) is 11.3 Å². The van der Waals surface area contributed by atoms with Crippen molar-refractivity contribution in [3.05, 3.63) is 58.1 Å². The van der Waals surface area contributed by atoms with Crippen LogP contribution in [-0.2, 0) is 0 Å². The molecule has 2 aromatic rings. The summed E-state index contributed by atoms with van der Waals surface area (Å²) < 4.78 is 39.2. The zero-order valence-corrected chi connectivity index (χ0v) is 10.9. The normalized spacial score (nSPS) is 10.4. The summed E-state index contributed by atoms with van der Waals surface area (Å²) in [4.78, 5) is 15.8. The molecule has 0 aliphatic heterocycles. The Balaban J connectivity index is 2.30. The predicted molar refractivity (Wildman–Crippen MR) is 68.3 cm³/mol. The maximum absolute atomic E-state index is 13.4. The number of nitrogens with one attached hydrogen (secondary N) is 1. The molecule has 1 aromatic carbocycles. The van der Waals surface area contributed by atoms with Gasteiger partial charge in [0.25, 0.3) is 5.91 Å². The van der Waals surface area contributed by atoms with Crippen molar-refractivity contribution < 1.29 is 18.0 Å². The van der Waals surface area contributed by atoms with Crippen molar-refractivity contribution in [2.75, 3.05) is 5.32 Å². The average molecular weight is 301 g/mol. The first-order valence-electron chi connectivity index (χ1n) is 5.47. The number of carbonyl (C=O) groups is 1. The monoisotopic (exact) mass is 300 g/mol. The molecule has 0 unspecified atom stereocenters. The molecular formula is C13H8ClF3N2O. The lowest BCUT2D eigenvalue weighted by atomic mass is 10.2. The van der Waals surface area contributed by atoms with Crippen LogP contribution in [-0.4, -0.2) is 10.9 Å². The number of amides is 1. The Bertz CT molecular complexity index is 671. The fraction of sp³-hybridized carbons (Fsp3) is 0.0769. The summed E-state index contributed by atoms with van der Waals surface area (Å²) in [6, 6.07) is 4.36. The van der Waals surface area contributed by atoms with Crippen LogP contribution in [0.15, 0.2) is 24.3 Å². The van der Waals surface area contributed by atoms with Gasteiger partial charge in [0.2, 0.25) is 0 Å². The number of halogens is 4. The van der Waals surface area contributed by atoms with Crippen molar-refractivity contribution in [3.8, 4) is 0 Å². The van der Waals surface area contributed by atoms with Gasteiger partial charge in [-0.1, -0.05) is 11.6 Å². The SMILES string of the molecule is Cc1cc(C(=O)Nc2ccc(F)c(F)c2F)cc(Cl)n1. The number of nitrogens with zero attached hydrogens (tertiary/aromatic N) is 1. The Kier molecular flexibility index (Phi) is 3.94. The van der Waals surface area contributed by atoms with Gasteiger partial charge in [0.05, 0.1) is 5.69 Å². The van der Waals surface area contributed by atoms with Gasteiger partial charge in [-0.3, -0.25) is 4.79 Å². The molecule has 1 aromatic heterocycles. The molecule has 0 atom stereocenters. The summed E-state index contributed by atoms with van der Waals surface area (Å²) >= 11 is 5.70. The van der Waals surface area contributed by atoms with E-state index >= 15 is 0 Å². The molecule has 1 amide bonds. The van der Waals surface area contributed by atoms with Crippen LogP contribution in [0, 0.1) is 24.4 Å². The third-order valence-corrected chi connectivity index (χ3v) is 2.66. The average Bonchev–Trinajstić information content (AvgIpc) is 2.38. The minimum atomic E-state index is -1.65. The number of pyridine rings is 1. The molecule has 7 heteroatoms. The van der Waals surface area contributed by atoms with E-state index in [2.05, 4.69) is 10.3 Å². The zero-order chi connectivity index (χ0) is 14.9. The van der Waals surface area contributed by atoms with E-state index in [1.807, 2.05) is 0 Å². The lowest BCUT2D eigenvalue weighted by Crippen LogP contribution is -2.14. The lowest BCUT2D eigenvalue weighted by Gasteiger charge is -2.08. The van der Waals surface area contributed by atoms with E-state index in [1.165, 1.54) is 12.1 Å². The van der Waals surface area contributed by atoms with E-state index in [1.54, 1.807) is 6.92 Å². The zero-order valence-electron chi connectivity index (χ0n) is 10.2. The minimum absolute atomic E-state index is 0.0981. The van der Waals surface area contributed by atoms with E-state index in [4.69, 9.17) is 11.6 Å². The fourth-order valence-corrected chi connectivity index (χ4v) is 1.83. The molecular weight excluding hydrogens is 293 g/mol. The van der Waals surface area contributed by atoms with Crippen molar-refractivity contribution in [2.45, 2.75) is 6.92 Å². The highest BCUT2D eigenvalue weighted by Gasteiger charge is 2.16.